The number of hydrogen-bond acceptors (Lipinski definition) is 3. The normalized spacial score (nSPS) is 14.0. The Balaban J connectivity index is 2.77. The predicted molar refractivity (Wildman–Crippen MR) is 72.7 cm³/mol. The van der Waals surface area contributed by atoms with Crippen LogP contribution < -0.4 is 5.32 Å². The van der Waals surface area contributed by atoms with Gasteiger partial charge in [-0.1, -0.05) is 11.6 Å². The second-order valence-electron chi connectivity index (χ2n) is 4.36. The average Bonchev–Trinajstić information content (AvgIpc) is 2.31. The Labute approximate surface area is 119 Å². The zero-order valence-corrected chi connectivity index (χ0v) is 12.0. The molecule has 2 N–H and O–H groups in total. The second kappa shape index (κ2) is 6.54. The lowest BCUT2D eigenvalue weighted by molar-refractivity contribution is 0.0722. The van der Waals surface area contributed by atoms with Crippen LogP contribution in [0.2, 0.25) is 5.02 Å². The predicted octanol–water partition coefficient (Wildman–Crippen LogP) is 2.46. The Morgan fingerprint density at radius 3 is 2.68 bits per heavy atom. The van der Waals surface area contributed by atoms with Crippen molar-refractivity contribution >= 4 is 29.3 Å². The van der Waals surface area contributed by atoms with Crippen LogP contribution in [0.4, 0.5) is 8.78 Å². The Morgan fingerprint density at radius 2 is 2.11 bits per heavy atom. The molecule has 0 bridgehead atoms. The lowest BCUT2D eigenvalue weighted by atomic mass is 10.1. The second-order valence-corrected chi connectivity index (χ2v) is 5.63. The highest BCUT2D eigenvalue weighted by molar-refractivity contribution is 7.98. The monoisotopic (exact) mass is 309 g/mol. The molecule has 0 radical (unpaired) electrons. The summed E-state index contributed by atoms with van der Waals surface area (Å²) < 4.78 is 26.7. The van der Waals surface area contributed by atoms with Crippen molar-refractivity contribution in [2.75, 3.05) is 18.6 Å². The van der Waals surface area contributed by atoms with E-state index in [1.165, 1.54) is 11.8 Å². The molecule has 1 aromatic carbocycles. The third-order valence-corrected chi connectivity index (χ3v) is 3.54. The van der Waals surface area contributed by atoms with Gasteiger partial charge in [-0.15, -0.1) is 0 Å². The summed E-state index contributed by atoms with van der Waals surface area (Å²) in [5.74, 6) is -2.17. The molecule has 1 rings (SSSR count). The molecule has 1 unspecified atom stereocenters. The quantitative estimate of drug-likeness (QED) is 0.822. The summed E-state index contributed by atoms with van der Waals surface area (Å²) in [6.07, 6.45) is 1.81. The van der Waals surface area contributed by atoms with E-state index in [0.29, 0.717) is 5.75 Å². The van der Waals surface area contributed by atoms with E-state index < -0.39 is 28.7 Å². The van der Waals surface area contributed by atoms with E-state index in [4.69, 9.17) is 11.6 Å². The van der Waals surface area contributed by atoms with Gasteiger partial charge in [0.15, 0.2) is 0 Å². The van der Waals surface area contributed by atoms with Gasteiger partial charge in [0.2, 0.25) is 0 Å². The van der Waals surface area contributed by atoms with E-state index in [1.54, 1.807) is 6.92 Å². The lowest BCUT2D eigenvalue weighted by Crippen LogP contribution is -2.42. The van der Waals surface area contributed by atoms with Gasteiger partial charge in [0.05, 0.1) is 16.2 Å². The highest BCUT2D eigenvalue weighted by Gasteiger charge is 2.22. The maximum atomic E-state index is 13.5. The molecule has 106 valence electrons. The number of amides is 1. The van der Waals surface area contributed by atoms with Crippen LogP contribution in [0.15, 0.2) is 12.1 Å². The van der Waals surface area contributed by atoms with Gasteiger partial charge in [0.25, 0.3) is 5.91 Å². The van der Waals surface area contributed by atoms with Gasteiger partial charge in [-0.05, 0) is 25.3 Å². The van der Waals surface area contributed by atoms with Gasteiger partial charge < -0.3 is 10.4 Å². The topological polar surface area (TPSA) is 49.3 Å². The van der Waals surface area contributed by atoms with Crippen LogP contribution in [0.5, 0.6) is 0 Å². The summed E-state index contributed by atoms with van der Waals surface area (Å²) in [6, 6.07) is 1.47. The molecular formula is C12H14ClF2NO2S. The molecule has 19 heavy (non-hydrogen) atoms. The van der Waals surface area contributed by atoms with Gasteiger partial charge in [-0.2, -0.15) is 11.8 Å². The summed E-state index contributed by atoms with van der Waals surface area (Å²) >= 11 is 6.80. The van der Waals surface area contributed by atoms with Crippen LogP contribution in [0.25, 0.3) is 0 Å². The maximum Gasteiger partial charge on any atom is 0.254 e. The van der Waals surface area contributed by atoms with Crippen molar-refractivity contribution in [3.63, 3.8) is 0 Å². The van der Waals surface area contributed by atoms with Crippen LogP contribution in [0.3, 0.4) is 0 Å². The molecule has 3 nitrogen and oxygen atoms in total. The summed E-state index contributed by atoms with van der Waals surface area (Å²) in [6.45, 7) is 1.49. The van der Waals surface area contributed by atoms with Crippen molar-refractivity contribution in [2.45, 2.75) is 12.5 Å². The van der Waals surface area contributed by atoms with Crippen molar-refractivity contribution < 1.29 is 18.7 Å². The van der Waals surface area contributed by atoms with Crippen LogP contribution in [-0.4, -0.2) is 35.2 Å². The van der Waals surface area contributed by atoms with Crippen LogP contribution in [-0.2, 0) is 0 Å². The third kappa shape index (κ3) is 4.63. The smallest absolute Gasteiger partial charge is 0.254 e. The number of carbonyl (C=O) groups excluding carboxylic acids is 1. The Bertz CT molecular complexity index is 483. The highest BCUT2D eigenvalue weighted by Crippen LogP contribution is 2.19. The van der Waals surface area contributed by atoms with Gasteiger partial charge >= 0.3 is 0 Å². The minimum Gasteiger partial charge on any atom is -0.387 e. The van der Waals surface area contributed by atoms with E-state index >= 15 is 0 Å². The molecule has 1 aromatic rings. The number of benzene rings is 1. The summed E-state index contributed by atoms with van der Waals surface area (Å²) in [5.41, 5.74) is -1.56. The molecule has 7 heteroatoms. The molecule has 0 aliphatic heterocycles. The molecule has 0 heterocycles. The van der Waals surface area contributed by atoms with Crippen molar-refractivity contribution in [1.29, 1.82) is 0 Å². The molecule has 0 spiro atoms. The molecule has 0 aromatic heterocycles. The summed E-state index contributed by atoms with van der Waals surface area (Å²) in [4.78, 5) is 11.7. The molecule has 0 aliphatic rings. The number of aliphatic hydroxyl groups is 1. The fourth-order valence-corrected chi connectivity index (χ4v) is 2.30. The minimum atomic E-state index is -1.11. The van der Waals surface area contributed by atoms with Gasteiger partial charge in [-0.3, -0.25) is 4.79 Å². The van der Waals surface area contributed by atoms with Gasteiger partial charge in [-0.25, -0.2) is 8.78 Å². The number of halogens is 3. The fraction of sp³-hybridized carbons (Fsp3) is 0.417. The standard InChI is InChI=1S/C12H14ClF2NO2S/c1-12(18,6-19-2)5-16-11(17)7-3-10(15)8(13)4-9(7)14/h3-4,18H,5-6H2,1-2H3,(H,16,17). The largest absolute Gasteiger partial charge is 0.387 e. The lowest BCUT2D eigenvalue weighted by Gasteiger charge is -2.22. The van der Waals surface area contributed by atoms with Gasteiger partial charge in [0.1, 0.15) is 11.6 Å². The summed E-state index contributed by atoms with van der Waals surface area (Å²) in [5, 5.41) is 11.8. The molecule has 1 atom stereocenters. The van der Waals surface area contributed by atoms with Crippen molar-refractivity contribution in [3.05, 3.63) is 34.4 Å². The van der Waals surface area contributed by atoms with Crippen molar-refractivity contribution in [1.82, 2.24) is 5.32 Å². The fourth-order valence-electron chi connectivity index (χ4n) is 1.42. The zero-order chi connectivity index (χ0) is 14.6. The minimum absolute atomic E-state index is 0.0592. The van der Waals surface area contributed by atoms with E-state index in [2.05, 4.69) is 5.32 Å². The average molecular weight is 310 g/mol. The maximum absolute atomic E-state index is 13.5. The molecule has 0 fully saturated rings. The first-order chi connectivity index (χ1) is 8.76. The Morgan fingerprint density at radius 1 is 1.47 bits per heavy atom. The SMILES string of the molecule is CSCC(C)(O)CNC(=O)c1cc(F)c(Cl)cc1F. The molecule has 0 saturated heterocycles. The van der Waals surface area contributed by atoms with E-state index in [1.807, 2.05) is 6.26 Å². The van der Waals surface area contributed by atoms with Crippen molar-refractivity contribution in [2.24, 2.45) is 0 Å². The number of rotatable bonds is 5. The summed E-state index contributed by atoms with van der Waals surface area (Å²) in [7, 11) is 0. The number of carbonyl (C=O) groups is 1. The third-order valence-electron chi connectivity index (χ3n) is 2.34. The number of thioether (sulfide) groups is 1. The van der Waals surface area contributed by atoms with Gasteiger partial charge in [0, 0.05) is 12.3 Å². The van der Waals surface area contributed by atoms with E-state index in [9.17, 15) is 18.7 Å². The molecule has 1 amide bonds. The van der Waals surface area contributed by atoms with Crippen molar-refractivity contribution in [3.8, 4) is 0 Å². The zero-order valence-electron chi connectivity index (χ0n) is 10.5. The highest BCUT2D eigenvalue weighted by atomic mass is 35.5. The van der Waals surface area contributed by atoms with Crippen LogP contribution in [0.1, 0.15) is 17.3 Å². The number of nitrogens with one attached hydrogen (secondary N) is 1. The number of hydrogen-bond donors (Lipinski definition) is 2. The first kappa shape index (κ1) is 16.2. The van der Waals surface area contributed by atoms with E-state index in [0.717, 1.165) is 12.1 Å². The molecule has 0 saturated carbocycles. The molecular weight excluding hydrogens is 296 g/mol. The Kier molecular flexibility index (Phi) is 5.58. The van der Waals surface area contributed by atoms with Crippen LogP contribution in [0, 0.1) is 11.6 Å². The Hall–Kier alpha value is -0.850. The first-order valence-electron chi connectivity index (χ1n) is 5.41. The molecule has 0 aliphatic carbocycles. The first-order valence-corrected chi connectivity index (χ1v) is 7.18. The van der Waals surface area contributed by atoms with Crippen LogP contribution >= 0.6 is 23.4 Å². The van der Waals surface area contributed by atoms with E-state index in [-0.39, 0.29) is 11.6 Å².